The molecular weight excluding hydrogens is 308 g/mol. The Labute approximate surface area is 132 Å². The van der Waals surface area contributed by atoms with Crippen LogP contribution < -0.4 is 5.32 Å². The van der Waals surface area contributed by atoms with E-state index in [0.717, 1.165) is 35.0 Å². The third kappa shape index (κ3) is 6.18. The van der Waals surface area contributed by atoms with Gasteiger partial charge in [-0.15, -0.1) is 11.8 Å². The Hall–Kier alpha value is -1.53. The number of halogens is 1. The van der Waals surface area contributed by atoms with E-state index in [-0.39, 0.29) is 5.91 Å². The molecule has 0 saturated heterocycles. The van der Waals surface area contributed by atoms with Crippen LogP contribution in [0.4, 0.5) is 0 Å². The zero-order chi connectivity index (χ0) is 14.9. The molecule has 112 valence electrons. The SMILES string of the molecule is O=C(CSCc1cccc(Cl)c1)NCCCc1ncn[nH]1. The summed E-state index contributed by atoms with van der Waals surface area (Å²) in [5.74, 6) is 2.14. The Balaban J connectivity index is 1.55. The normalized spacial score (nSPS) is 10.5. The maximum Gasteiger partial charge on any atom is 0.230 e. The first-order chi connectivity index (χ1) is 10.2. The van der Waals surface area contributed by atoms with Gasteiger partial charge >= 0.3 is 0 Å². The van der Waals surface area contributed by atoms with Crippen LogP contribution >= 0.6 is 23.4 Å². The number of hydrogen-bond donors (Lipinski definition) is 2. The monoisotopic (exact) mass is 324 g/mol. The van der Waals surface area contributed by atoms with Gasteiger partial charge in [-0.25, -0.2) is 4.98 Å². The van der Waals surface area contributed by atoms with Crippen molar-refractivity contribution >= 4 is 29.3 Å². The van der Waals surface area contributed by atoms with Crippen LogP contribution in [0.3, 0.4) is 0 Å². The molecule has 0 radical (unpaired) electrons. The molecule has 0 atom stereocenters. The molecule has 2 rings (SSSR count). The van der Waals surface area contributed by atoms with Crippen molar-refractivity contribution in [3.63, 3.8) is 0 Å². The summed E-state index contributed by atoms with van der Waals surface area (Å²) in [5, 5.41) is 10.2. The summed E-state index contributed by atoms with van der Waals surface area (Å²) in [5.41, 5.74) is 1.13. The standard InChI is InChI=1S/C14H17ClN4OS/c15-12-4-1-3-11(7-12)8-21-9-14(20)16-6-2-5-13-17-10-18-19-13/h1,3-4,7,10H,2,5-6,8-9H2,(H,16,20)(H,17,18,19). The Morgan fingerprint density at radius 1 is 1.43 bits per heavy atom. The second-order valence-corrected chi connectivity index (χ2v) is 5.93. The number of aryl methyl sites for hydroxylation is 1. The first-order valence-electron chi connectivity index (χ1n) is 6.67. The maximum absolute atomic E-state index is 11.7. The highest BCUT2D eigenvalue weighted by Crippen LogP contribution is 2.16. The molecule has 0 spiro atoms. The fraction of sp³-hybridized carbons (Fsp3) is 0.357. The number of aromatic nitrogens is 3. The van der Waals surface area contributed by atoms with E-state index in [1.165, 1.54) is 6.33 Å². The molecule has 2 N–H and O–H groups in total. The Morgan fingerprint density at radius 2 is 2.33 bits per heavy atom. The zero-order valence-corrected chi connectivity index (χ0v) is 13.1. The van der Waals surface area contributed by atoms with E-state index in [0.29, 0.717) is 12.3 Å². The van der Waals surface area contributed by atoms with Gasteiger partial charge in [0.25, 0.3) is 0 Å². The molecular formula is C14H17ClN4OS. The van der Waals surface area contributed by atoms with Crippen LogP contribution in [0, 0.1) is 0 Å². The molecule has 0 aliphatic rings. The van der Waals surface area contributed by atoms with Crippen LogP contribution in [-0.4, -0.2) is 33.4 Å². The highest BCUT2D eigenvalue weighted by Gasteiger charge is 2.02. The number of rotatable bonds is 8. The Morgan fingerprint density at radius 3 is 3.10 bits per heavy atom. The van der Waals surface area contributed by atoms with Crippen molar-refractivity contribution in [2.45, 2.75) is 18.6 Å². The molecule has 1 aromatic heterocycles. The Bertz CT molecular complexity index is 562. The third-order valence-electron chi connectivity index (χ3n) is 2.77. The van der Waals surface area contributed by atoms with Crippen LogP contribution in [0.25, 0.3) is 0 Å². The fourth-order valence-electron chi connectivity index (χ4n) is 1.77. The summed E-state index contributed by atoms with van der Waals surface area (Å²) in [7, 11) is 0. The topological polar surface area (TPSA) is 70.7 Å². The molecule has 1 aromatic carbocycles. The number of amides is 1. The first-order valence-corrected chi connectivity index (χ1v) is 8.20. The van der Waals surface area contributed by atoms with E-state index in [1.807, 2.05) is 24.3 Å². The lowest BCUT2D eigenvalue weighted by molar-refractivity contribution is -0.118. The lowest BCUT2D eigenvalue weighted by atomic mass is 10.2. The van der Waals surface area contributed by atoms with E-state index in [1.54, 1.807) is 11.8 Å². The van der Waals surface area contributed by atoms with Crippen molar-refractivity contribution in [3.8, 4) is 0 Å². The number of carbonyl (C=O) groups excluding carboxylic acids is 1. The van der Waals surface area contributed by atoms with Crippen LogP contribution in [0.2, 0.25) is 5.02 Å². The molecule has 0 aliphatic heterocycles. The Kier molecular flexibility index (Phi) is 6.56. The number of aromatic amines is 1. The molecule has 7 heteroatoms. The van der Waals surface area contributed by atoms with Gasteiger partial charge in [-0.1, -0.05) is 23.7 Å². The minimum atomic E-state index is 0.0552. The largest absolute Gasteiger partial charge is 0.355 e. The fourth-order valence-corrected chi connectivity index (χ4v) is 2.79. The lowest BCUT2D eigenvalue weighted by Gasteiger charge is -2.05. The summed E-state index contributed by atoms with van der Waals surface area (Å²) in [4.78, 5) is 15.7. The quantitative estimate of drug-likeness (QED) is 0.732. The maximum atomic E-state index is 11.7. The molecule has 1 amide bonds. The summed E-state index contributed by atoms with van der Waals surface area (Å²) >= 11 is 7.49. The molecule has 0 aliphatic carbocycles. The molecule has 0 saturated carbocycles. The van der Waals surface area contributed by atoms with E-state index >= 15 is 0 Å². The van der Waals surface area contributed by atoms with Crippen molar-refractivity contribution in [3.05, 3.63) is 47.0 Å². The van der Waals surface area contributed by atoms with Gasteiger partial charge in [0.05, 0.1) is 5.75 Å². The van der Waals surface area contributed by atoms with Crippen molar-refractivity contribution in [1.82, 2.24) is 20.5 Å². The van der Waals surface area contributed by atoms with Crippen LogP contribution in [-0.2, 0) is 17.0 Å². The van der Waals surface area contributed by atoms with Crippen molar-refractivity contribution < 1.29 is 4.79 Å². The predicted molar refractivity (Wildman–Crippen MR) is 85.3 cm³/mol. The minimum Gasteiger partial charge on any atom is -0.355 e. The van der Waals surface area contributed by atoms with Gasteiger partial charge in [0.2, 0.25) is 5.91 Å². The van der Waals surface area contributed by atoms with E-state index in [4.69, 9.17) is 11.6 Å². The molecule has 2 aromatic rings. The van der Waals surface area contributed by atoms with Crippen molar-refractivity contribution in [2.24, 2.45) is 0 Å². The van der Waals surface area contributed by atoms with Gasteiger partial charge < -0.3 is 5.32 Å². The highest BCUT2D eigenvalue weighted by atomic mass is 35.5. The number of nitrogens with zero attached hydrogens (tertiary/aromatic N) is 2. The third-order valence-corrected chi connectivity index (χ3v) is 4.01. The van der Waals surface area contributed by atoms with Gasteiger partial charge in [0.15, 0.2) is 0 Å². The number of thioether (sulfide) groups is 1. The van der Waals surface area contributed by atoms with Gasteiger partial charge in [0.1, 0.15) is 12.2 Å². The summed E-state index contributed by atoms with van der Waals surface area (Å²) in [6.07, 6.45) is 3.12. The molecule has 1 heterocycles. The van der Waals surface area contributed by atoms with Crippen LogP contribution in [0.15, 0.2) is 30.6 Å². The van der Waals surface area contributed by atoms with Crippen LogP contribution in [0.5, 0.6) is 0 Å². The van der Waals surface area contributed by atoms with Gasteiger partial charge in [0, 0.05) is 23.7 Å². The van der Waals surface area contributed by atoms with E-state index in [9.17, 15) is 4.79 Å². The summed E-state index contributed by atoms with van der Waals surface area (Å²) < 4.78 is 0. The number of carbonyl (C=O) groups is 1. The first kappa shape index (κ1) is 15.9. The number of H-pyrrole nitrogens is 1. The summed E-state index contributed by atoms with van der Waals surface area (Å²) in [6.45, 7) is 0.650. The van der Waals surface area contributed by atoms with Gasteiger partial charge in [-0.05, 0) is 24.1 Å². The molecule has 0 fully saturated rings. The van der Waals surface area contributed by atoms with Crippen LogP contribution in [0.1, 0.15) is 17.8 Å². The van der Waals surface area contributed by atoms with Gasteiger partial charge in [-0.3, -0.25) is 9.89 Å². The average Bonchev–Trinajstić information content (AvgIpc) is 2.97. The van der Waals surface area contributed by atoms with Crippen molar-refractivity contribution in [1.29, 1.82) is 0 Å². The van der Waals surface area contributed by atoms with E-state index in [2.05, 4.69) is 20.5 Å². The molecule has 0 bridgehead atoms. The molecule has 21 heavy (non-hydrogen) atoms. The molecule has 5 nitrogen and oxygen atoms in total. The van der Waals surface area contributed by atoms with E-state index < -0.39 is 0 Å². The average molecular weight is 325 g/mol. The second kappa shape index (κ2) is 8.69. The number of hydrogen-bond acceptors (Lipinski definition) is 4. The van der Waals surface area contributed by atoms with Crippen molar-refractivity contribution in [2.75, 3.05) is 12.3 Å². The molecule has 0 unspecified atom stereocenters. The lowest BCUT2D eigenvalue weighted by Crippen LogP contribution is -2.26. The zero-order valence-electron chi connectivity index (χ0n) is 11.5. The number of benzene rings is 1. The predicted octanol–water partition coefficient (Wildman–Crippen LogP) is 2.44. The van der Waals surface area contributed by atoms with Gasteiger partial charge in [-0.2, -0.15) is 5.10 Å². The smallest absolute Gasteiger partial charge is 0.230 e. The summed E-state index contributed by atoms with van der Waals surface area (Å²) in [6, 6.07) is 7.69. The number of nitrogens with one attached hydrogen (secondary N) is 2. The second-order valence-electron chi connectivity index (χ2n) is 4.51. The highest BCUT2D eigenvalue weighted by molar-refractivity contribution is 7.99. The minimum absolute atomic E-state index is 0.0552.